The molecule has 3 rings (SSSR count). The number of thiazole rings is 1. The van der Waals surface area contributed by atoms with Crippen LogP contribution in [-0.4, -0.2) is 21.2 Å². The van der Waals surface area contributed by atoms with E-state index in [1.165, 1.54) is 11.3 Å². The summed E-state index contributed by atoms with van der Waals surface area (Å²) in [4.78, 5) is 12.1. The smallest absolute Gasteiger partial charge is 0.237 e. The van der Waals surface area contributed by atoms with E-state index in [1.807, 2.05) is 24.3 Å². The van der Waals surface area contributed by atoms with Crippen LogP contribution in [0.25, 0.3) is 0 Å². The van der Waals surface area contributed by atoms with Crippen LogP contribution in [-0.2, 0) is 0 Å². The molecule has 3 aromatic rings. The van der Waals surface area contributed by atoms with Crippen LogP contribution in [0.4, 0.5) is 10.9 Å². The van der Waals surface area contributed by atoms with Gasteiger partial charge in [0.1, 0.15) is 11.6 Å². The van der Waals surface area contributed by atoms with Crippen LogP contribution < -0.4 is 15.9 Å². The number of hydrogen-bond acceptors (Lipinski definition) is 8. The highest BCUT2D eigenvalue weighted by Gasteiger charge is 1.99. The molecule has 110 valence electrons. The highest BCUT2D eigenvalue weighted by molar-refractivity contribution is 7.14. The topological polar surface area (TPSA) is 98.3 Å². The molecule has 0 saturated heterocycles. The van der Waals surface area contributed by atoms with Gasteiger partial charge in [-0.05, 0) is 17.7 Å². The molecule has 22 heavy (non-hydrogen) atoms. The Morgan fingerprint density at radius 3 is 3.05 bits per heavy atom. The second kappa shape index (κ2) is 6.64. The standard InChI is InChI=1S/C14H12N6OS/c15-12-9-22-14(19-12)20-18-7-10-2-1-3-11(6-10)21-13-8-16-4-5-17-13/h1-9H,15H2,(H,19,20). The number of benzene rings is 1. The van der Waals surface area contributed by atoms with Crippen LogP contribution in [0.1, 0.15) is 5.56 Å². The van der Waals surface area contributed by atoms with Crippen molar-refractivity contribution in [1.29, 1.82) is 0 Å². The Bertz CT molecular complexity index is 774. The lowest BCUT2D eigenvalue weighted by atomic mass is 10.2. The van der Waals surface area contributed by atoms with Crippen molar-refractivity contribution in [3.63, 3.8) is 0 Å². The molecule has 0 radical (unpaired) electrons. The highest BCUT2D eigenvalue weighted by Crippen LogP contribution is 2.19. The summed E-state index contributed by atoms with van der Waals surface area (Å²) in [6.07, 6.45) is 6.38. The Kier molecular flexibility index (Phi) is 4.21. The summed E-state index contributed by atoms with van der Waals surface area (Å²) >= 11 is 1.39. The molecule has 0 unspecified atom stereocenters. The van der Waals surface area contributed by atoms with Gasteiger partial charge in [-0.15, -0.1) is 11.3 Å². The summed E-state index contributed by atoms with van der Waals surface area (Å²) in [6.45, 7) is 0. The van der Waals surface area contributed by atoms with Gasteiger partial charge in [-0.1, -0.05) is 12.1 Å². The fourth-order valence-electron chi connectivity index (χ4n) is 1.62. The lowest BCUT2D eigenvalue weighted by molar-refractivity contribution is 0.460. The average Bonchev–Trinajstić information content (AvgIpc) is 2.94. The highest BCUT2D eigenvalue weighted by atomic mass is 32.1. The molecule has 0 bridgehead atoms. The molecule has 2 aromatic heterocycles. The van der Waals surface area contributed by atoms with Crippen LogP contribution in [0.2, 0.25) is 0 Å². The van der Waals surface area contributed by atoms with Crippen LogP contribution in [0.5, 0.6) is 11.6 Å². The van der Waals surface area contributed by atoms with Gasteiger partial charge in [0.15, 0.2) is 0 Å². The number of hydrogen-bond donors (Lipinski definition) is 2. The number of aromatic nitrogens is 3. The van der Waals surface area contributed by atoms with Crippen molar-refractivity contribution in [2.75, 3.05) is 11.2 Å². The molecule has 1 aromatic carbocycles. The molecular formula is C14H12N6OS. The van der Waals surface area contributed by atoms with Crippen LogP contribution in [0, 0.1) is 0 Å². The number of anilines is 2. The number of nitrogens with one attached hydrogen (secondary N) is 1. The average molecular weight is 312 g/mol. The van der Waals surface area contributed by atoms with Gasteiger partial charge in [0.25, 0.3) is 0 Å². The minimum atomic E-state index is 0.438. The van der Waals surface area contributed by atoms with Gasteiger partial charge in [-0.25, -0.2) is 9.97 Å². The van der Waals surface area contributed by atoms with Crippen molar-refractivity contribution in [2.45, 2.75) is 0 Å². The van der Waals surface area contributed by atoms with Gasteiger partial charge < -0.3 is 10.5 Å². The normalized spacial score (nSPS) is 10.7. The Morgan fingerprint density at radius 2 is 2.27 bits per heavy atom. The zero-order valence-corrected chi connectivity index (χ0v) is 12.2. The van der Waals surface area contributed by atoms with Gasteiger partial charge in [0, 0.05) is 17.8 Å². The molecule has 0 amide bonds. The molecule has 3 N–H and O–H groups in total. The van der Waals surface area contributed by atoms with E-state index in [0.717, 1.165) is 5.56 Å². The number of ether oxygens (including phenoxy) is 1. The molecule has 0 spiro atoms. The van der Waals surface area contributed by atoms with Gasteiger partial charge in [-0.3, -0.25) is 10.4 Å². The summed E-state index contributed by atoms with van der Waals surface area (Å²) in [5.41, 5.74) is 9.22. The van der Waals surface area contributed by atoms with E-state index in [2.05, 4.69) is 25.5 Å². The van der Waals surface area contributed by atoms with Gasteiger partial charge >= 0.3 is 0 Å². The van der Waals surface area contributed by atoms with E-state index in [1.54, 1.807) is 30.2 Å². The van der Waals surface area contributed by atoms with Gasteiger partial charge in [0.2, 0.25) is 11.0 Å². The summed E-state index contributed by atoms with van der Waals surface area (Å²) in [6, 6.07) is 7.45. The van der Waals surface area contributed by atoms with Gasteiger partial charge in [0.05, 0.1) is 12.4 Å². The Morgan fingerprint density at radius 1 is 1.32 bits per heavy atom. The maximum absolute atomic E-state index is 5.60. The van der Waals surface area contributed by atoms with Crippen molar-refractivity contribution in [3.8, 4) is 11.6 Å². The zero-order valence-electron chi connectivity index (χ0n) is 11.4. The Balaban J connectivity index is 1.66. The van der Waals surface area contributed by atoms with Crippen LogP contribution in [0.15, 0.2) is 53.3 Å². The minimum absolute atomic E-state index is 0.438. The molecular weight excluding hydrogens is 300 g/mol. The molecule has 0 aliphatic rings. The lowest BCUT2D eigenvalue weighted by Gasteiger charge is -2.04. The van der Waals surface area contributed by atoms with Crippen molar-refractivity contribution >= 4 is 28.5 Å². The summed E-state index contributed by atoms with van der Waals surface area (Å²) in [5.74, 6) is 1.57. The summed E-state index contributed by atoms with van der Waals surface area (Å²) in [5, 5.41) is 6.49. The second-order valence-corrected chi connectivity index (χ2v) is 5.02. The third kappa shape index (κ3) is 3.76. The molecule has 0 fully saturated rings. The maximum atomic E-state index is 5.60. The third-order valence-corrected chi connectivity index (χ3v) is 3.28. The van der Waals surface area contributed by atoms with E-state index in [0.29, 0.717) is 22.6 Å². The third-order valence-electron chi connectivity index (χ3n) is 2.52. The number of rotatable bonds is 5. The van der Waals surface area contributed by atoms with Crippen molar-refractivity contribution in [1.82, 2.24) is 15.0 Å². The predicted octanol–water partition coefficient (Wildman–Crippen LogP) is 2.75. The van der Waals surface area contributed by atoms with Gasteiger partial charge in [-0.2, -0.15) is 5.10 Å². The van der Waals surface area contributed by atoms with E-state index in [4.69, 9.17) is 10.5 Å². The molecule has 8 heteroatoms. The van der Waals surface area contributed by atoms with Crippen molar-refractivity contribution in [2.24, 2.45) is 5.10 Å². The fraction of sp³-hybridized carbons (Fsp3) is 0. The molecule has 7 nitrogen and oxygen atoms in total. The zero-order chi connectivity index (χ0) is 15.2. The fourth-order valence-corrected chi connectivity index (χ4v) is 2.17. The molecule has 0 saturated carbocycles. The first-order chi connectivity index (χ1) is 10.8. The molecule has 0 aliphatic heterocycles. The second-order valence-electron chi connectivity index (χ2n) is 4.17. The van der Waals surface area contributed by atoms with E-state index >= 15 is 0 Å². The number of nitrogens with two attached hydrogens (primary N) is 1. The maximum Gasteiger partial charge on any atom is 0.237 e. The van der Waals surface area contributed by atoms with Crippen LogP contribution >= 0.6 is 11.3 Å². The minimum Gasteiger partial charge on any atom is -0.437 e. The molecule has 2 heterocycles. The molecule has 0 atom stereocenters. The van der Waals surface area contributed by atoms with Crippen molar-refractivity contribution in [3.05, 3.63) is 53.8 Å². The predicted molar refractivity (Wildman–Crippen MR) is 86.3 cm³/mol. The molecule has 0 aliphatic carbocycles. The number of nitrogen functional groups attached to an aromatic ring is 1. The summed E-state index contributed by atoms with van der Waals surface area (Å²) < 4.78 is 5.60. The number of nitrogens with zero attached hydrogens (tertiary/aromatic N) is 4. The van der Waals surface area contributed by atoms with E-state index in [9.17, 15) is 0 Å². The first kappa shape index (κ1) is 14.0. The first-order valence-corrected chi connectivity index (χ1v) is 7.21. The lowest BCUT2D eigenvalue weighted by Crippen LogP contribution is -1.92. The van der Waals surface area contributed by atoms with Crippen LogP contribution in [0.3, 0.4) is 0 Å². The van der Waals surface area contributed by atoms with E-state index in [-0.39, 0.29) is 0 Å². The SMILES string of the molecule is Nc1csc(NN=Cc2cccc(Oc3cnccn3)c2)n1. The first-order valence-electron chi connectivity index (χ1n) is 6.33. The Labute approximate surface area is 130 Å². The number of hydrazone groups is 1. The van der Waals surface area contributed by atoms with Crippen molar-refractivity contribution < 1.29 is 4.74 Å². The Hall–Kier alpha value is -3.00. The monoisotopic (exact) mass is 312 g/mol. The van der Waals surface area contributed by atoms with E-state index < -0.39 is 0 Å². The summed E-state index contributed by atoms with van der Waals surface area (Å²) in [7, 11) is 0. The largest absolute Gasteiger partial charge is 0.437 e. The quantitative estimate of drug-likeness (QED) is 0.555.